The van der Waals surface area contributed by atoms with Gasteiger partial charge in [0.15, 0.2) is 23.1 Å². The molecule has 1 aromatic carbocycles. The predicted molar refractivity (Wildman–Crippen MR) is 117 cm³/mol. The minimum Gasteiger partial charge on any atom is -0.493 e. The maximum absolute atomic E-state index is 13.0. The molecule has 2 aliphatic carbocycles. The minimum atomic E-state index is -0.446. The number of hydrogen-bond donors (Lipinski definition) is 0. The highest BCUT2D eigenvalue weighted by Gasteiger charge is 2.42. The zero-order valence-electron chi connectivity index (χ0n) is 17.8. The van der Waals surface area contributed by atoms with Crippen LogP contribution in [0.15, 0.2) is 47.5 Å². The number of hydrogen-bond acceptors (Lipinski definition) is 5. The third-order valence-electron chi connectivity index (χ3n) is 6.01. The van der Waals surface area contributed by atoms with Gasteiger partial charge in [0.1, 0.15) is 18.1 Å². The number of ether oxygens (including phenoxy) is 3. The van der Waals surface area contributed by atoms with E-state index in [1.807, 2.05) is 12.1 Å². The molecule has 1 heterocycles. The first kappa shape index (κ1) is 21.0. The Morgan fingerprint density at radius 2 is 1.77 bits per heavy atom. The molecule has 4 rings (SSSR count). The molecule has 0 N–H and O–H groups in total. The van der Waals surface area contributed by atoms with Crippen LogP contribution in [0.25, 0.3) is 0 Å². The van der Waals surface area contributed by atoms with Crippen molar-refractivity contribution in [2.45, 2.75) is 50.9 Å². The quantitative estimate of drug-likeness (QED) is 0.501. The zero-order chi connectivity index (χ0) is 22.0. The van der Waals surface area contributed by atoms with Gasteiger partial charge >= 0.3 is 0 Å². The Bertz CT molecular complexity index is 1010. The standard InChI is InChI=1S/C26H26O5/c1-4-8-16-14-17(15-22(29-3)26(16)30-13-5-2)23-24-18(27)9-6-11-20(24)31-21-12-7-10-19(28)25(21)23/h2,4,14-15,23H,1,6-13H2,3H3. The van der Waals surface area contributed by atoms with E-state index >= 15 is 0 Å². The summed E-state index contributed by atoms with van der Waals surface area (Å²) in [6.07, 6.45) is 11.6. The van der Waals surface area contributed by atoms with Crippen LogP contribution in [-0.2, 0) is 20.7 Å². The van der Waals surface area contributed by atoms with Gasteiger partial charge in [0.25, 0.3) is 0 Å². The molecule has 0 saturated carbocycles. The summed E-state index contributed by atoms with van der Waals surface area (Å²) in [6, 6.07) is 3.83. The molecule has 1 aromatic rings. The van der Waals surface area contributed by atoms with Crippen LogP contribution in [0.4, 0.5) is 0 Å². The highest BCUT2D eigenvalue weighted by atomic mass is 16.5. The molecule has 0 fully saturated rings. The Labute approximate surface area is 182 Å². The number of carbonyl (C=O) groups excluding carboxylic acids is 2. The van der Waals surface area contributed by atoms with E-state index in [9.17, 15) is 9.59 Å². The van der Waals surface area contributed by atoms with Gasteiger partial charge < -0.3 is 14.2 Å². The molecule has 0 amide bonds. The molecule has 0 atom stereocenters. The van der Waals surface area contributed by atoms with Gasteiger partial charge in [-0.3, -0.25) is 9.59 Å². The second-order valence-electron chi connectivity index (χ2n) is 7.96. The topological polar surface area (TPSA) is 61.8 Å². The Kier molecular flexibility index (Phi) is 5.99. The van der Waals surface area contributed by atoms with E-state index in [4.69, 9.17) is 20.6 Å². The summed E-state index contributed by atoms with van der Waals surface area (Å²) in [7, 11) is 1.57. The normalized spacial score (nSPS) is 18.7. The largest absolute Gasteiger partial charge is 0.493 e. The van der Waals surface area contributed by atoms with E-state index in [1.165, 1.54) is 0 Å². The molecule has 0 unspecified atom stereocenters. The highest BCUT2D eigenvalue weighted by molar-refractivity contribution is 6.05. The van der Waals surface area contributed by atoms with E-state index in [0.717, 1.165) is 24.0 Å². The maximum atomic E-state index is 13.0. The molecule has 0 radical (unpaired) electrons. The molecule has 3 aliphatic rings. The van der Waals surface area contributed by atoms with Crippen LogP contribution in [0.3, 0.4) is 0 Å². The summed E-state index contributed by atoms with van der Waals surface area (Å²) in [5, 5.41) is 0. The summed E-state index contributed by atoms with van der Waals surface area (Å²) in [6.45, 7) is 3.96. The molecule has 5 nitrogen and oxygen atoms in total. The van der Waals surface area contributed by atoms with Crippen molar-refractivity contribution in [3.8, 4) is 23.8 Å². The summed E-state index contributed by atoms with van der Waals surface area (Å²) < 4.78 is 17.5. The lowest BCUT2D eigenvalue weighted by Crippen LogP contribution is -2.30. The summed E-state index contributed by atoms with van der Waals surface area (Å²) in [5.41, 5.74) is 2.91. The van der Waals surface area contributed by atoms with Gasteiger partial charge in [0, 0.05) is 48.3 Å². The molecule has 160 valence electrons. The lowest BCUT2D eigenvalue weighted by atomic mass is 9.73. The van der Waals surface area contributed by atoms with Gasteiger partial charge in [-0.15, -0.1) is 13.0 Å². The van der Waals surface area contributed by atoms with Gasteiger partial charge in [-0.2, -0.15) is 0 Å². The Morgan fingerprint density at radius 3 is 2.32 bits per heavy atom. The Hall–Kier alpha value is -3.26. The number of methoxy groups -OCH3 is 1. The maximum Gasteiger partial charge on any atom is 0.166 e. The van der Waals surface area contributed by atoms with Crippen molar-refractivity contribution in [2.75, 3.05) is 13.7 Å². The molecule has 0 bridgehead atoms. The monoisotopic (exact) mass is 418 g/mol. The number of ketones is 2. The number of benzene rings is 1. The van der Waals surface area contributed by atoms with E-state index in [2.05, 4.69) is 12.5 Å². The summed E-state index contributed by atoms with van der Waals surface area (Å²) in [5.74, 6) is 4.64. The third-order valence-corrected chi connectivity index (χ3v) is 6.01. The second-order valence-corrected chi connectivity index (χ2v) is 7.96. The predicted octanol–water partition coefficient (Wildman–Crippen LogP) is 4.56. The summed E-state index contributed by atoms with van der Waals surface area (Å²) in [4.78, 5) is 26.0. The van der Waals surface area contributed by atoms with E-state index in [-0.39, 0.29) is 18.2 Å². The smallest absolute Gasteiger partial charge is 0.166 e. The van der Waals surface area contributed by atoms with Crippen LogP contribution >= 0.6 is 0 Å². The highest BCUT2D eigenvalue weighted by Crippen LogP contribution is 2.49. The molecule has 0 spiro atoms. The fraction of sp³-hybridized carbons (Fsp3) is 0.385. The van der Waals surface area contributed by atoms with Crippen molar-refractivity contribution in [3.05, 3.63) is 58.6 Å². The van der Waals surface area contributed by atoms with Crippen molar-refractivity contribution in [1.82, 2.24) is 0 Å². The van der Waals surface area contributed by atoms with E-state index < -0.39 is 5.92 Å². The van der Waals surface area contributed by atoms with Crippen molar-refractivity contribution >= 4 is 11.6 Å². The molecule has 31 heavy (non-hydrogen) atoms. The van der Waals surface area contributed by atoms with Gasteiger partial charge in [-0.25, -0.2) is 0 Å². The van der Waals surface area contributed by atoms with Crippen molar-refractivity contribution in [3.63, 3.8) is 0 Å². The first-order chi connectivity index (χ1) is 15.1. The van der Waals surface area contributed by atoms with Crippen molar-refractivity contribution < 1.29 is 23.8 Å². The lowest BCUT2D eigenvalue weighted by molar-refractivity contribution is -0.117. The minimum absolute atomic E-state index is 0.0491. The van der Waals surface area contributed by atoms with Crippen LogP contribution in [0, 0.1) is 12.3 Å². The van der Waals surface area contributed by atoms with Gasteiger partial charge in [-0.05, 0) is 30.9 Å². The lowest BCUT2D eigenvalue weighted by Gasteiger charge is -2.36. The van der Waals surface area contributed by atoms with Gasteiger partial charge in [-0.1, -0.05) is 18.1 Å². The van der Waals surface area contributed by atoms with Crippen LogP contribution < -0.4 is 9.47 Å². The van der Waals surface area contributed by atoms with Crippen LogP contribution in [-0.4, -0.2) is 25.3 Å². The van der Waals surface area contributed by atoms with Crippen LogP contribution in [0.5, 0.6) is 11.5 Å². The van der Waals surface area contributed by atoms with Crippen molar-refractivity contribution in [2.24, 2.45) is 0 Å². The fourth-order valence-corrected chi connectivity index (χ4v) is 4.74. The van der Waals surface area contributed by atoms with E-state index in [1.54, 1.807) is 13.2 Å². The average molecular weight is 418 g/mol. The molecule has 0 saturated heterocycles. The number of rotatable bonds is 6. The molecule has 5 heteroatoms. The Balaban J connectivity index is 1.92. The second kappa shape index (κ2) is 8.85. The Morgan fingerprint density at radius 1 is 1.13 bits per heavy atom. The molecular formula is C26H26O5. The average Bonchev–Trinajstić information content (AvgIpc) is 2.77. The molecule has 0 aromatic heterocycles. The number of allylic oxidation sites excluding steroid dienone is 5. The number of carbonyl (C=O) groups is 2. The van der Waals surface area contributed by atoms with Crippen LogP contribution in [0.1, 0.15) is 55.6 Å². The van der Waals surface area contributed by atoms with Crippen LogP contribution in [0.2, 0.25) is 0 Å². The third kappa shape index (κ3) is 3.79. The van der Waals surface area contributed by atoms with Gasteiger partial charge in [0.05, 0.1) is 7.11 Å². The first-order valence-corrected chi connectivity index (χ1v) is 10.7. The SMILES string of the molecule is C#CCOc1c(CC=C)cc(C2C3=C(CCCC3=O)OC3=C2C(=O)CCC3)cc1OC. The molecule has 1 aliphatic heterocycles. The number of terminal acetylenes is 1. The van der Waals surface area contributed by atoms with Gasteiger partial charge in [0.2, 0.25) is 0 Å². The fourth-order valence-electron chi connectivity index (χ4n) is 4.74. The van der Waals surface area contributed by atoms with E-state index in [0.29, 0.717) is 66.3 Å². The zero-order valence-corrected chi connectivity index (χ0v) is 17.8. The molecular weight excluding hydrogens is 392 g/mol. The first-order valence-electron chi connectivity index (χ1n) is 10.7. The summed E-state index contributed by atoms with van der Waals surface area (Å²) >= 11 is 0. The van der Waals surface area contributed by atoms with Crippen molar-refractivity contribution in [1.29, 1.82) is 0 Å². The number of Topliss-reactive ketones (excluding diaryl/α,β-unsaturated/α-hetero) is 2.